The van der Waals surface area contributed by atoms with Crippen LogP contribution in [0.1, 0.15) is 25.3 Å². The second kappa shape index (κ2) is 9.13. The molecule has 1 fully saturated rings. The van der Waals surface area contributed by atoms with Gasteiger partial charge in [0.15, 0.2) is 0 Å². The van der Waals surface area contributed by atoms with Crippen LogP contribution >= 0.6 is 0 Å². The van der Waals surface area contributed by atoms with E-state index >= 15 is 0 Å². The van der Waals surface area contributed by atoms with Gasteiger partial charge in [0.05, 0.1) is 4.92 Å². The molecule has 1 aliphatic rings. The van der Waals surface area contributed by atoms with Crippen LogP contribution in [0, 0.1) is 10.1 Å². The normalized spacial score (nSPS) is 14.1. The van der Waals surface area contributed by atoms with Crippen molar-refractivity contribution in [2.24, 2.45) is 0 Å². The Labute approximate surface area is 185 Å². The number of hydrogen-bond acceptors (Lipinski definition) is 7. The zero-order valence-electron chi connectivity index (χ0n) is 18.1. The maximum atomic E-state index is 12.7. The van der Waals surface area contributed by atoms with Gasteiger partial charge in [-0.15, -0.1) is 10.2 Å². The van der Waals surface area contributed by atoms with E-state index in [4.69, 9.17) is 0 Å². The van der Waals surface area contributed by atoms with E-state index in [9.17, 15) is 14.9 Å². The maximum Gasteiger partial charge on any atom is 0.292 e. The highest BCUT2D eigenvalue weighted by Crippen LogP contribution is 2.28. The molecule has 1 aromatic heterocycles. The maximum absolute atomic E-state index is 12.7. The molecular formula is C22H25N7O3. The Bertz CT molecular complexity index is 1100. The van der Waals surface area contributed by atoms with Crippen LogP contribution in [-0.4, -0.2) is 62.1 Å². The molecule has 0 bridgehead atoms. The van der Waals surface area contributed by atoms with Crippen molar-refractivity contribution in [1.82, 2.24) is 25.1 Å². The second-order valence-corrected chi connectivity index (χ2v) is 8.03. The fourth-order valence-corrected chi connectivity index (χ4v) is 3.75. The summed E-state index contributed by atoms with van der Waals surface area (Å²) in [7, 11) is 0. The Balaban J connectivity index is 1.35. The lowest BCUT2D eigenvalue weighted by atomic mass is 10.0. The number of nitro groups is 1. The number of nitro benzene ring substituents is 1. The molecule has 0 N–H and O–H groups in total. The zero-order chi connectivity index (χ0) is 22.7. The lowest BCUT2D eigenvalue weighted by Gasteiger charge is -2.35. The van der Waals surface area contributed by atoms with Crippen molar-refractivity contribution in [2.75, 3.05) is 31.1 Å². The number of nitrogens with zero attached hydrogens (tertiary/aromatic N) is 7. The number of benzene rings is 2. The van der Waals surface area contributed by atoms with Crippen molar-refractivity contribution in [3.8, 4) is 11.4 Å². The first kappa shape index (κ1) is 21.4. The van der Waals surface area contributed by atoms with Crippen molar-refractivity contribution in [3.63, 3.8) is 0 Å². The van der Waals surface area contributed by atoms with Crippen LogP contribution in [0.25, 0.3) is 11.4 Å². The molecule has 166 valence electrons. The Morgan fingerprint density at radius 1 is 1.06 bits per heavy atom. The first-order valence-electron chi connectivity index (χ1n) is 10.6. The van der Waals surface area contributed by atoms with Crippen molar-refractivity contribution in [2.45, 2.75) is 26.3 Å². The molecule has 2 heterocycles. The third-order valence-corrected chi connectivity index (χ3v) is 5.62. The van der Waals surface area contributed by atoms with Crippen LogP contribution in [0.2, 0.25) is 0 Å². The van der Waals surface area contributed by atoms with Crippen LogP contribution in [0.15, 0.2) is 48.5 Å². The molecule has 1 saturated heterocycles. The van der Waals surface area contributed by atoms with Crippen molar-refractivity contribution in [1.29, 1.82) is 0 Å². The number of tetrazole rings is 1. The molecule has 0 spiro atoms. The number of para-hydroxylation sites is 2. The quantitative estimate of drug-likeness (QED) is 0.432. The first-order valence-corrected chi connectivity index (χ1v) is 10.6. The van der Waals surface area contributed by atoms with E-state index in [2.05, 4.69) is 29.3 Å². The second-order valence-electron chi connectivity index (χ2n) is 8.03. The molecule has 2 aromatic carbocycles. The van der Waals surface area contributed by atoms with Gasteiger partial charge in [-0.3, -0.25) is 14.9 Å². The molecule has 10 heteroatoms. The van der Waals surface area contributed by atoms with Gasteiger partial charge in [0.2, 0.25) is 11.7 Å². The van der Waals surface area contributed by atoms with Crippen LogP contribution < -0.4 is 4.90 Å². The van der Waals surface area contributed by atoms with Crippen LogP contribution in [0.4, 0.5) is 11.4 Å². The predicted molar refractivity (Wildman–Crippen MR) is 119 cm³/mol. The number of anilines is 1. The third-order valence-electron chi connectivity index (χ3n) is 5.62. The average Bonchev–Trinajstić information content (AvgIpc) is 3.27. The highest BCUT2D eigenvalue weighted by Gasteiger charge is 2.26. The van der Waals surface area contributed by atoms with E-state index in [-0.39, 0.29) is 23.1 Å². The highest BCUT2D eigenvalue weighted by atomic mass is 16.6. The fraction of sp³-hybridized carbons (Fsp3) is 0.364. The molecule has 4 rings (SSSR count). The predicted octanol–water partition coefficient (Wildman–Crippen LogP) is 2.72. The smallest absolute Gasteiger partial charge is 0.292 e. The van der Waals surface area contributed by atoms with Crippen molar-refractivity contribution >= 4 is 17.3 Å². The minimum Gasteiger partial charge on any atom is -0.362 e. The molecule has 0 atom stereocenters. The summed E-state index contributed by atoms with van der Waals surface area (Å²) in [5, 5.41) is 23.7. The average molecular weight is 435 g/mol. The van der Waals surface area contributed by atoms with E-state index in [0.717, 1.165) is 5.56 Å². The molecule has 1 amide bonds. The number of aromatic nitrogens is 4. The van der Waals surface area contributed by atoms with Crippen molar-refractivity contribution in [3.05, 3.63) is 64.2 Å². The van der Waals surface area contributed by atoms with E-state index < -0.39 is 0 Å². The number of hydrogen-bond donors (Lipinski definition) is 0. The topological polar surface area (TPSA) is 110 Å². The van der Waals surface area contributed by atoms with Gasteiger partial charge in [-0.2, -0.15) is 4.80 Å². The Kier molecular flexibility index (Phi) is 6.11. The number of rotatable bonds is 6. The molecule has 0 aliphatic carbocycles. The van der Waals surface area contributed by atoms with Crippen LogP contribution in [-0.2, 0) is 11.3 Å². The molecule has 0 radical (unpaired) electrons. The number of carbonyl (C=O) groups excluding carboxylic acids is 1. The number of amides is 1. The summed E-state index contributed by atoms with van der Waals surface area (Å²) in [5.74, 6) is 0.819. The summed E-state index contributed by atoms with van der Waals surface area (Å²) in [6.45, 7) is 6.27. The summed E-state index contributed by atoms with van der Waals surface area (Å²) in [6.07, 6.45) is 0. The minimum atomic E-state index is -0.378. The summed E-state index contributed by atoms with van der Waals surface area (Å²) >= 11 is 0. The lowest BCUT2D eigenvalue weighted by Crippen LogP contribution is -2.49. The molecule has 1 aliphatic heterocycles. The van der Waals surface area contributed by atoms with Gasteiger partial charge in [-0.25, -0.2) is 0 Å². The molecule has 10 nitrogen and oxygen atoms in total. The third kappa shape index (κ3) is 4.58. The Morgan fingerprint density at radius 2 is 1.75 bits per heavy atom. The van der Waals surface area contributed by atoms with E-state index in [1.165, 1.54) is 16.4 Å². The van der Waals surface area contributed by atoms with Gasteiger partial charge >= 0.3 is 0 Å². The Hall–Kier alpha value is -3.82. The van der Waals surface area contributed by atoms with Crippen LogP contribution in [0.5, 0.6) is 0 Å². The van der Waals surface area contributed by atoms with Gasteiger partial charge in [0.25, 0.3) is 5.69 Å². The Morgan fingerprint density at radius 3 is 2.41 bits per heavy atom. The fourth-order valence-electron chi connectivity index (χ4n) is 3.75. The summed E-state index contributed by atoms with van der Waals surface area (Å²) < 4.78 is 0. The molecule has 0 saturated carbocycles. The highest BCUT2D eigenvalue weighted by molar-refractivity contribution is 5.76. The number of carbonyl (C=O) groups is 1. The number of piperazine rings is 1. The molecular weight excluding hydrogens is 410 g/mol. The summed E-state index contributed by atoms with van der Waals surface area (Å²) in [4.78, 5) is 28.6. The van der Waals surface area contributed by atoms with Crippen molar-refractivity contribution < 1.29 is 9.72 Å². The van der Waals surface area contributed by atoms with Gasteiger partial charge in [0, 0.05) is 37.8 Å². The molecule has 32 heavy (non-hydrogen) atoms. The first-order chi connectivity index (χ1) is 15.4. The summed E-state index contributed by atoms with van der Waals surface area (Å²) in [5.41, 5.74) is 2.74. The largest absolute Gasteiger partial charge is 0.362 e. The van der Waals surface area contributed by atoms with Crippen LogP contribution in [0.3, 0.4) is 0 Å². The summed E-state index contributed by atoms with van der Waals surface area (Å²) in [6, 6.07) is 14.7. The lowest BCUT2D eigenvalue weighted by molar-refractivity contribution is -0.384. The van der Waals surface area contributed by atoms with E-state index in [1.807, 2.05) is 29.2 Å². The van der Waals surface area contributed by atoms with Gasteiger partial charge < -0.3 is 9.80 Å². The monoisotopic (exact) mass is 435 g/mol. The van der Waals surface area contributed by atoms with Gasteiger partial charge in [-0.05, 0) is 22.8 Å². The van der Waals surface area contributed by atoms with Gasteiger partial charge in [-0.1, -0.05) is 50.2 Å². The van der Waals surface area contributed by atoms with E-state index in [0.29, 0.717) is 43.6 Å². The molecule has 3 aromatic rings. The van der Waals surface area contributed by atoms with Gasteiger partial charge in [0.1, 0.15) is 12.2 Å². The minimum absolute atomic E-state index is 0.00254. The zero-order valence-corrected chi connectivity index (χ0v) is 18.1. The van der Waals surface area contributed by atoms with E-state index in [1.54, 1.807) is 23.1 Å². The standard InChI is InChI=1S/C22H25N7O3/c1-16(2)17-7-9-18(10-8-17)22-23-25-28(24-22)15-21(30)27-13-11-26(12-14-27)19-5-3-4-6-20(19)29(31)32/h3-10,16H,11-15H2,1-2H3. The SMILES string of the molecule is CC(C)c1ccc(-c2nnn(CC(=O)N3CCN(c4ccccc4[N+](=O)[O-])CC3)n2)cc1. The molecule has 0 unspecified atom stereocenters.